The number of ether oxygens (including phenoxy) is 2. The number of hydrogen-bond acceptors (Lipinski definition) is 9. The maximum atomic E-state index is 5.74. The Kier molecular flexibility index (Phi) is 7.09. The van der Waals surface area contributed by atoms with E-state index < -0.39 is 0 Å². The highest BCUT2D eigenvalue weighted by Crippen LogP contribution is 2.35. The van der Waals surface area contributed by atoms with Crippen LogP contribution in [0.1, 0.15) is 30.3 Å². The summed E-state index contributed by atoms with van der Waals surface area (Å²) in [6, 6.07) is 9.60. The molecule has 2 aliphatic heterocycles. The van der Waals surface area contributed by atoms with E-state index in [2.05, 4.69) is 73.0 Å². The van der Waals surface area contributed by atoms with Gasteiger partial charge in [-0.3, -0.25) is 14.9 Å². The van der Waals surface area contributed by atoms with Crippen LogP contribution in [0.4, 0.5) is 5.82 Å². The molecule has 0 amide bonds. The Morgan fingerprint density at radius 3 is 2.76 bits per heavy atom. The first-order valence-corrected chi connectivity index (χ1v) is 13.9. The molecule has 2 aliphatic rings. The van der Waals surface area contributed by atoms with Gasteiger partial charge in [0.05, 0.1) is 47.8 Å². The first-order valence-electron chi connectivity index (χ1n) is 13.1. The minimum atomic E-state index is 0.175. The van der Waals surface area contributed by atoms with Crippen LogP contribution in [0, 0.1) is 0 Å². The van der Waals surface area contributed by atoms with Crippen LogP contribution in [0.25, 0.3) is 21.1 Å². The topological polar surface area (TPSA) is 82.6 Å². The summed E-state index contributed by atoms with van der Waals surface area (Å²) in [5.41, 5.74) is 3.39. The predicted molar refractivity (Wildman–Crippen MR) is 147 cm³/mol. The maximum Gasteiger partial charge on any atom is 0.150 e. The van der Waals surface area contributed by atoms with Gasteiger partial charge in [0.15, 0.2) is 0 Å². The summed E-state index contributed by atoms with van der Waals surface area (Å²) in [5.74, 6) is 1.05. The third-order valence-corrected chi connectivity index (χ3v) is 8.76. The van der Waals surface area contributed by atoms with Gasteiger partial charge in [-0.05, 0) is 31.5 Å². The highest BCUT2D eigenvalue weighted by Gasteiger charge is 2.36. The number of fused-ring (bicyclic) bond motifs is 2. The number of aromatic amines is 1. The molecule has 3 aromatic heterocycles. The van der Waals surface area contributed by atoms with E-state index in [1.807, 2.05) is 17.5 Å². The highest BCUT2D eigenvalue weighted by molar-refractivity contribution is 7.19. The van der Waals surface area contributed by atoms with Gasteiger partial charge in [-0.25, -0.2) is 9.97 Å². The number of aromatic nitrogens is 4. The SMILES string of the molecule is COCC(c1cccc2[nH]ncc12)N1C(C)CN(Cc2cc3ncnc(N4CCOCC4)c3s2)CC1C. The summed E-state index contributed by atoms with van der Waals surface area (Å²) >= 11 is 1.83. The largest absolute Gasteiger partial charge is 0.383 e. The van der Waals surface area contributed by atoms with Gasteiger partial charge in [-0.1, -0.05) is 12.1 Å². The molecule has 0 bridgehead atoms. The normalized spacial score (nSPS) is 22.7. The number of thiophene rings is 1. The van der Waals surface area contributed by atoms with Crippen LogP contribution in [0.15, 0.2) is 36.8 Å². The second kappa shape index (κ2) is 10.6. The van der Waals surface area contributed by atoms with E-state index in [0.717, 1.165) is 62.8 Å². The van der Waals surface area contributed by atoms with Crippen LogP contribution < -0.4 is 4.90 Å². The zero-order chi connectivity index (χ0) is 25.4. The first-order chi connectivity index (χ1) is 18.1. The molecule has 3 atom stereocenters. The van der Waals surface area contributed by atoms with Crippen LogP contribution in [-0.2, 0) is 16.0 Å². The number of methoxy groups -OCH3 is 1. The number of anilines is 1. The minimum absolute atomic E-state index is 0.175. The standard InChI is InChI=1S/C27H35N7O2S/c1-18-13-32(15-20-11-24-26(37-20)27(29-17-28-24)33-7-9-36-10-8-33)14-19(2)34(18)25(16-35-3)21-5-4-6-23-22(21)12-30-31-23/h4-6,11-12,17-19,25H,7-10,13-16H2,1-3H3,(H,30,31). The summed E-state index contributed by atoms with van der Waals surface area (Å²) in [7, 11) is 1.80. The van der Waals surface area contributed by atoms with Crippen LogP contribution in [-0.4, -0.2) is 95.2 Å². The molecule has 10 heteroatoms. The average Bonchev–Trinajstić information content (AvgIpc) is 3.55. The van der Waals surface area contributed by atoms with E-state index in [4.69, 9.17) is 9.47 Å². The summed E-state index contributed by atoms with van der Waals surface area (Å²) < 4.78 is 12.5. The fraction of sp³-hybridized carbons (Fsp3) is 0.519. The summed E-state index contributed by atoms with van der Waals surface area (Å²) in [6.45, 7) is 11.5. The summed E-state index contributed by atoms with van der Waals surface area (Å²) in [6.07, 6.45) is 3.64. The molecule has 9 nitrogen and oxygen atoms in total. The Morgan fingerprint density at radius 2 is 1.97 bits per heavy atom. The molecule has 6 rings (SSSR count). The smallest absolute Gasteiger partial charge is 0.150 e. The quantitative estimate of drug-likeness (QED) is 0.394. The third-order valence-electron chi connectivity index (χ3n) is 7.66. The number of nitrogens with zero attached hydrogens (tertiary/aromatic N) is 6. The molecule has 1 aromatic carbocycles. The number of nitrogens with one attached hydrogen (secondary N) is 1. The number of hydrogen-bond donors (Lipinski definition) is 1. The number of rotatable bonds is 7. The lowest BCUT2D eigenvalue weighted by Crippen LogP contribution is -2.57. The van der Waals surface area contributed by atoms with Crippen molar-refractivity contribution in [3.8, 4) is 0 Å². The molecule has 196 valence electrons. The number of piperazine rings is 1. The van der Waals surface area contributed by atoms with Crippen LogP contribution in [0.3, 0.4) is 0 Å². The Balaban J connectivity index is 1.21. The van der Waals surface area contributed by atoms with E-state index in [1.165, 1.54) is 20.5 Å². The van der Waals surface area contributed by atoms with Crippen molar-refractivity contribution in [2.45, 2.75) is 38.5 Å². The van der Waals surface area contributed by atoms with Crippen molar-refractivity contribution in [1.29, 1.82) is 0 Å². The van der Waals surface area contributed by atoms with Crippen molar-refractivity contribution in [3.63, 3.8) is 0 Å². The van der Waals surface area contributed by atoms with E-state index in [1.54, 1.807) is 13.4 Å². The van der Waals surface area contributed by atoms with Gasteiger partial charge in [0.25, 0.3) is 0 Å². The van der Waals surface area contributed by atoms with Crippen molar-refractivity contribution in [2.75, 3.05) is 58.0 Å². The van der Waals surface area contributed by atoms with Gasteiger partial charge in [0.1, 0.15) is 12.1 Å². The van der Waals surface area contributed by atoms with Gasteiger partial charge < -0.3 is 14.4 Å². The van der Waals surface area contributed by atoms with Crippen molar-refractivity contribution in [3.05, 3.63) is 47.2 Å². The summed E-state index contributed by atoms with van der Waals surface area (Å²) in [4.78, 5) is 18.1. The summed E-state index contributed by atoms with van der Waals surface area (Å²) in [5, 5.41) is 8.58. The van der Waals surface area contributed by atoms with Gasteiger partial charge >= 0.3 is 0 Å². The molecule has 0 spiro atoms. The van der Waals surface area contributed by atoms with Gasteiger partial charge in [-0.15, -0.1) is 11.3 Å². The lowest BCUT2D eigenvalue weighted by atomic mass is 9.96. The second-order valence-electron chi connectivity index (χ2n) is 10.2. The predicted octanol–water partition coefficient (Wildman–Crippen LogP) is 3.69. The van der Waals surface area contributed by atoms with Crippen molar-refractivity contribution in [1.82, 2.24) is 30.0 Å². The van der Waals surface area contributed by atoms with Crippen LogP contribution in [0.5, 0.6) is 0 Å². The molecular formula is C27H35N7O2S. The number of benzene rings is 1. The Labute approximate surface area is 221 Å². The van der Waals surface area contributed by atoms with Crippen LogP contribution in [0.2, 0.25) is 0 Å². The Hall–Kier alpha value is -2.63. The molecule has 0 aliphatic carbocycles. The molecule has 2 saturated heterocycles. The van der Waals surface area contributed by atoms with Crippen molar-refractivity contribution < 1.29 is 9.47 Å². The van der Waals surface area contributed by atoms with E-state index in [9.17, 15) is 0 Å². The zero-order valence-corrected chi connectivity index (χ0v) is 22.6. The molecule has 1 N–H and O–H groups in total. The second-order valence-corrected chi connectivity index (χ2v) is 11.3. The van der Waals surface area contributed by atoms with Crippen molar-refractivity contribution in [2.24, 2.45) is 0 Å². The number of H-pyrrole nitrogens is 1. The van der Waals surface area contributed by atoms with E-state index in [-0.39, 0.29) is 6.04 Å². The highest BCUT2D eigenvalue weighted by atomic mass is 32.1. The zero-order valence-electron chi connectivity index (χ0n) is 21.8. The molecule has 4 aromatic rings. The lowest BCUT2D eigenvalue weighted by molar-refractivity contribution is -0.0218. The molecule has 3 unspecified atom stereocenters. The lowest BCUT2D eigenvalue weighted by Gasteiger charge is -2.48. The Morgan fingerprint density at radius 1 is 1.16 bits per heavy atom. The van der Waals surface area contributed by atoms with Gasteiger partial charge in [0, 0.05) is 62.2 Å². The van der Waals surface area contributed by atoms with Gasteiger partial charge in [-0.2, -0.15) is 5.10 Å². The van der Waals surface area contributed by atoms with E-state index in [0.29, 0.717) is 18.7 Å². The molecule has 0 radical (unpaired) electrons. The monoisotopic (exact) mass is 521 g/mol. The molecule has 37 heavy (non-hydrogen) atoms. The maximum absolute atomic E-state index is 5.74. The molecular weight excluding hydrogens is 486 g/mol. The minimum Gasteiger partial charge on any atom is -0.383 e. The van der Waals surface area contributed by atoms with E-state index >= 15 is 0 Å². The molecule has 5 heterocycles. The van der Waals surface area contributed by atoms with Gasteiger partial charge in [0.2, 0.25) is 0 Å². The third kappa shape index (κ3) is 4.84. The number of morpholine rings is 1. The average molecular weight is 522 g/mol. The Bertz CT molecular complexity index is 1340. The molecule has 0 saturated carbocycles. The molecule has 2 fully saturated rings. The van der Waals surface area contributed by atoms with Crippen molar-refractivity contribution >= 4 is 38.3 Å². The first kappa shape index (κ1) is 24.7. The van der Waals surface area contributed by atoms with Crippen LogP contribution >= 0.6 is 11.3 Å². The fourth-order valence-corrected chi connectivity index (χ4v) is 7.32. The fourth-order valence-electron chi connectivity index (χ4n) is 6.15.